The second kappa shape index (κ2) is 15.8. The van der Waals surface area contributed by atoms with Crippen LogP contribution in [0.4, 0.5) is 0 Å². The molecule has 290 valence electrons. The summed E-state index contributed by atoms with van der Waals surface area (Å²) in [6.45, 7) is -2.44. The fourth-order valence-corrected chi connectivity index (χ4v) is 7.55. The normalized spacial score (nSPS) is 25.8. The van der Waals surface area contributed by atoms with Crippen LogP contribution in [0.5, 0.6) is 0 Å². The summed E-state index contributed by atoms with van der Waals surface area (Å²) in [4.78, 5) is 41.5. The van der Waals surface area contributed by atoms with Gasteiger partial charge in [0.2, 0.25) is 0 Å². The zero-order valence-corrected chi connectivity index (χ0v) is 31.1. The largest absolute Gasteiger partial charge is 0.396 e. The molecular formula is C33H39ClN2O15S2. The molecule has 6 atom stereocenters. The van der Waals surface area contributed by atoms with Crippen molar-refractivity contribution in [1.82, 2.24) is 9.13 Å². The molecule has 53 heavy (non-hydrogen) atoms. The maximum Gasteiger partial charge on any atom is 0.340 e. The summed E-state index contributed by atoms with van der Waals surface area (Å²) in [5.41, 5.74) is -6.33. The van der Waals surface area contributed by atoms with Gasteiger partial charge in [-0.3, -0.25) is 22.5 Å². The van der Waals surface area contributed by atoms with Crippen molar-refractivity contribution in [2.75, 3.05) is 38.9 Å². The van der Waals surface area contributed by atoms with Crippen molar-refractivity contribution >= 4 is 37.7 Å². The lowest BCUT2D eigenvalue weighted by Gasteiger charge is -2.39. The fourth-order valence-electron chi connectivity index (χ4n) is 6.59. The first-order valence-electron chi connectivity index (χ1n) is 16.1. The number of hydrogen-bond donors (Lipinski definition) is 3. The number of aryl methyl sites for hydroxylation is 1. The van der Waals surface area contributed by atoms with E-state index in [-0.39, 0.29) is 17.7 Å². The van der Waals surface area contributed by atoms with Crippen LogP contribution in [0.3, 0.4) is 0 Å². The van der Waals surface area contributed by atoms with Crippen molar-refractivity contribution in [3.05, 3.63) is 103 Å². The SMILES string of the molecule is Cc1cn([C@@]2(C3OC(COS(C)(=O)=O)(COS(C)(=O)=O)[C@@H](OCc4ccc(Cl)cc4)[C@H]3CO)C[C@H](O)[C@@H](CO)O2)c(=O)n(C(=O)c2ccccc2)c1=O. The first kappa shape index (κ1) is 40.8. The maximum absolute atomic E-state index is 14.4. The van der Waals surface area contributed by atoms with Crippen molar-refractivity contribution in [3.8, 4) is 0 Å². The Morgan fingerprint density at radius 1 is 0.943 bits per heavy atom. The molecule has 0 saturated carbocycles. The smallest absolute Gasteiger partial charge is 0.340 e. The summed E-state index contributed by atoms with van der Waals surface area (Å²) in [6, 6.07) is 13.8. The van der Waals surface area contributed by atoms with Gasteiger partial charge in [0, 0.05) is 34.7 Å². The van der Waals surface area contributed by atoms with Gasteiger partial charge in [0.1, 0.15) is 31.0 Å². The Kier molecular flexibility index (Phi) is 12.2. The second-order valence-corrected chi connectivity index (χ2v) is 16.7. The van der Waals surface area contributed by atoms with Gasteiger partial charge in [-0.25, -0.2) is 4.79 Å². The highest BCUT2D eigenvalue weighted by molar-refractivity contribution is 7.86. The minimum Gasteiger partial charge on any atom is -0.396 e. The maximum atomic E-state index is 14.4. The Labute approximate surface area is 309 Å². The highest BCUT2D eigenvalue weighted by Gasteiger charge is 2.66. The predicted octanol–water partition coefficient (Wildman–Crippen LogP) is -0.261. The van der Waals surface area contributed by atoms with Crippen LogP contribution in [0.2, 0.25) is 5.02 Å². The lowest BCUT2D eigenvalue weighted by atomic mass is 9.84. The van der Waals surface area contributed by atoms with E-state index in [1.54, 1.807) is 30.3 Å². The summed E-state index contributed by atoms with van der Waals surface area (Å²) in [7, 11) is -8.52. The van der Waals surface area contributed by atoms with E-state index in [2.05, 4.69) is 0 Å². The predicted molar refractivity (Wildman–Crippen MR) is 186 cm³/mol. The molecule has 3 aromatic rings. The molecule has 0 amide bonds. The Morgan fingerprint density at radius 3 is 2.08 bits per heavy atom. The standard InChI is InChI=1S/C33H39ClN2O15S2/c1-20-14-35(31(42)36(29(20)40)30(41)22-7-5-4-6-8-22)33(13-25(39)26(16-38)50-33)28-24(15-37)27(47-17-21-9-11-23(34)12-10-21)32(51-28,18-48-52(2,43)44)19-49-53(3,45)46/h4-12,14,24-28,37-39H,13,15-19H2,1-3H3/t24-,25+,26-,27+,28?,33+/m1/s1. The molecule has 2 fully saturated rings. The van der Waals surface area contributed by atoms with E-state index in [0.717, 1.165) is 23.3 Å². The summed E-state index contributed by atoms with van der Waals surface area (Å²) in [6.07, 6.45) is -4.12. The summed E-state index contributed by atoms with van der Waals surface area (Å²) in [5.74, 6) is -2.37. The van der Waals surface area contributed by atoms with Gasteiger partial charge in [0.05, 0.1) is 44.5 Å². The van der Waals surface area contributed by atoms with Gasteiger partial charge in [0.15, 0.2) is 5.72 Å². The minimum atomic E-state index is -4.26. The lowest BCUT2D eigenvalue weighted by Crippen LogP contribution is -2.57. The number of benzene rings is 2. The molecule has 0 bridgehead atoms. The van der Waals surface area contributed by atoms with E-state index >= 15 is 0 Å². The van der Waals surface area contributed by atoms with Crippen molar-refractivity contribution < 1.29 is 59.5 Å². The first-order valence-corrected chi connectivity index (χ1v) is 20.1. The van der Waals surface area contributed by atoms with Crippen molar-refractivity contribution in [1.29, 1.82) is 0 Å². The number of hydrogen-bond acceptors (Lipinski definition) is 15. The third kappa shape index (κ3) is 8.65. The molecule has 2 aliphatic rings. The topological polar surface area (TPSA) is 236 Å². The van der Waals surface area contributed by atoms with Crippen LogP contribution >= 0.6 is 11.6 Å². The third-order valence-electron chi connectivity index (χ3n) is 9.05. The number of halogens is 1. The molecule has 20 heteroatoms. The van der Waals surface area contributed by atoms with Crippen LogP contribution in [0.25, 0.3) is 0 Å². The summed E-state index contributed by atoms with van der Waals surface area (Å²) >= 11 is 6.03. The number of aliphatic hydroxyl groups is 3. The Bertz CT molecular complexity index is 2110. The number of carbonyl (C=O) groups is 1. The van der Waals surface area contributed by atoms with Crippen LogP contribution in [0, 0.1) is 12.8 Å². The monoisotopic (exact) mass is 802 g/mol. The van der Waals surface area contributed by atoms with E-state index in [0.29, 0.717) is 15.2 Å². The molecule has 3 N–H and O–H groups in total. The highest BCUT2D eigenvalue weighted by atomic mass is 35.5. The van der Waals surface area contributed by atoms with Crippen LogP contribution < -0.4 is 11.2 Å². The fraction of sp³-hybridized carbons (Fsp3) is 0.485. The molecule has 1 aromatic heterocycles. The quantitative estimate of drug-likeness (QED) is 0.178. The second-order valence-electron chi connectivity index (χ2n) is 13.0. The lowest BCUT2D eigenvalue weighted by molar-refractivity contribution is -0.224. The number of rotatable bonds is 14. The van der Waals surface area contributed by atoms with Gasteiger partial charge in [-0.05, 0) is 36.8 Å². The van der Waals surface area contributed by atoms with E-state index in [1.807, 2.05) is 0 Å². The molecule has 2 aromatic carbocycles. The molecule has 0 aliphatic carbocycles. The van der Waals surface area contributed by atoms with Crippen molar-refractivity contribution in [3.63, 3.8) is 0 Å². The number of aromatic nitrogens is 2. The number of nitrogens with zero attached hydrogens (tertiary/aromatic N) is 2. The van der Waals surface area contributed by atoms with Gasteiger partial charge in [-0.15, -0.1) is 0 Å². The van der Waals surface area contributed by atoms with Crippen molar-refractivity contribution in [2.45, 2.75) is 55.7 Å². The zero-order chi connectivity index (χ0) is 38.9. The van der Waals surface area contributed by atoms with E-state index < -0.39 is 112 Å². The molecular weight excluding hydrogens is 764 g/mol. The molecule has 0 spiro atoms. The molecule has 0 radical (unpaired) electrons. The van der Waals surface area contributed by atoms with Crippen LogP contribution in [0.1, 0.15) is 27.9 Å². The number of carbonyl (C=O) groups excluding carboxylic acids is 1. The van der Waals surface area contributed by atoms with E-state index in [1.165, 1.54) is 31.2 Å². The van der Waals surface area contributed by atoms with Crippen LogP contribution in [0.15, 0.2) is 70.4 Å². The summed E-state index contributed by atoms with van der Waals surface area (Å²) < 4.78 is 79.9. The van der Waals surface area contributed by atoms with Gasteiger partial charge >= 0.3 is 5.69 Å². The van der Waals surface area contributed by atoms with Gasteiger partial charge in [0.25, 0.3) is 31.7 Å². The molecule has 2 saturated heterocycles. The number of ether oxygens (including phenoxy) is 3. The van der Waals surface area contributed by atoms with Crippen LogP contribution in [-0.4, -0.2) is 116 Å². The third-order valence-corrected chi connectivity index (χ3v) is 10.4. The Morgan fingerprint density at radius 2 is 1.55 bits per heavy atom. The van der Waals surface area contributed by atoms with Gasteiger partial charge in [-0.2, -0.15) is 21.4 Å². The van der Waals surface area contributed by atoms with E-state index in [4.69, 9.17) is 34.2 Å². The molecule has 2 aliphatic heterocycles. The van der Waals surface area contributed by atoms with Crippen molar-refractivity contribution in [2.24, 2.45) is 5.92 Å². The van der Waals surface area contributed by atoms with Gasteiger partial charge in [-0.1, -0.05) is 41.9 Å². The summed E-state index contributed by atoms with van der Waals surface area (Å²) in [5, 5.41) is 32.8. The molecule has 1 unspecified atom stereocenters. The Hall–Kier alpha value is -3.34. The minimum absolute atomic E-state index is 0.0191. The van der Waals surface area contributed by atoms with Gasteiger partial charge < -0.3 is 29.5 Å². The highest BCUT2D eigenvalue weighted by Crippen LogP contribution is 2.50. The van der Waals surface area contributed by atoms with E-state index in [9.17, 15) is 46.5 Å². The average Bonchev–Trinajstić information content (AvgIpc) is 3.62. The number of aliphatic hydroxyl groups excluding tert-OH is 3. The zero-order valence-electron chi connectivity index (χ0n) is 28.7. The molecule has 17 nitrogen and oxygen atoms in total. The Balaban J connectivity index is 1.74. The first-order chi connectivity index (χ1) is 24.8. The molecule has 3 heterocycles. The van der Waals surface area contributed by atoms with Crippen LogP contribution in [-0.2, 0) is 55.1 Å². The average molecular weight is 803 g/mol. The molecule has 5 rings (SSSR count).